The van der Waals surface area contributed by atoms with Crippen LogP contribution in [0, 0.1) is 17.7 Å². The summed E-state index contributed by atoms with van der Waals surface area (Å²) in [5.74, 6) is 0.965. The first kappa shape index (κ1) is 22.6. The minimum absolute atomic E-state index is 0.104. The minimum Gasteiger partial charge on any atom is -0.340 e. The first-order chi connectivity index (χ1) is 15.0. The Morgan fingerprint density at radius 2 is 1.97 bits per heavy atom. The monoisotopic (exact) mass is 431 g/mol. The van der Waals surface area contributed by atoms with Gasteiger partial charge in [0.25, 0.3) is 0 Å². The average molecular weight is 432 g/mol. The van der Waals surface area contributed by atoms with Gasteiger partial charge in [-0.25, -0.2) is 9.82 Å². The molecule has 0 aromatic heterocycles. The van der Waals surface area contributed by atoms with Crippen LogP contribution < -0.4 is 10.9 Å². The van der Waals surface area contributed by atoms with Crippen LogP contribution in [0.5, 0.6) is 0 Å². The minimum atomic E-state index is -0.127. The molecule has 6 nitrogen and oxygen atoms in total. The van der Waals surface area contributed by atoms with Crippen LogP contribution >= 0.6 is 0 Å². The topological polar surface area (TPSA) is 50.9 Å². The second-order valence-corrected chi connectivity index (χ2v) is 9.89. The van der Waals surface area contributed by atoms with E-state index < -0.39 is 0 Å². The molecule has 1 aromatic rings. The summed E-state index contributed by atoms with van der Waals surface area (Å²) < 4.78 is 14.1. The van der Waals surface area contributed by atoms with Crippen molar-refractivity contribution >= 4 is 5.91 Å². The molecule has 0 bridgehead atoms. The van der Waals surface area contributed by atoms with Crippen molar-refractivity contribution in [3.8, 4) is 0 Å². The number of fused-ring (bicyclic) bond motifs is 1. The zero-order valence-electron chi connectivity index (χ0n) is 19.0. The van der Waals surface area contributed by atoms with Crippen molar-refractivity contribution in [1.82, 2.24) is 25.6 Å². The van der Waals surface area contributed by atoms with Gasteiger partial charge in [0.05, 0.1) is 0 Å². The molecule has 3 aliphatic rings. The molecule has 1 amide bonds. The Hall–Kier alpha value is -1.54. The van der Waals surface area contributed by atoms with Crippen molar-refractivity contribution in [3.05, 3.63) is 35.6 Å². The molecule has 4 rings (SSSR count). The molecule has 31 heavy (non-hydrogen) atoms. The van der Waals surface area contributed by atoms with Crippen molar-refractivity contribution in [2.24, 2.45) is 11.8 Å². The molecule has 7 heteroatoms. The molecule has 1 aliphatic carbocycles. The van der Waals surface area contributed by atoms with Gasteiger partial charge in [-0.1, -0.05) is 24.6 Å². The number of hydrazine groups is 1. The van der Waals surface area contributed by atoms with E-state index in [0.717, 1.165) is 64.0 Å². The van der Waals surface area contributed by atoms with E-state index >= 15 is 0 Å². The SMILES string of the molecule is CN(C)CCN(CC1CCCN(Cc2ccccc2F)C1)C(=O)C1NNC2CCCC21. The molecule has 3 fully saturated rings. The summed E-state index contributed by atoms with van der Waals surface area (Å²) in [7, 11) is 4.11. The van der Waals surface area contributed by atoms with E-state index in [-0.39, 0.29) is 17.8 Å². The van der Waals surface area contributed by atoms with Crippen LogP contribution in [-0.4, -0.2) is 79.5 Å². The molecule has 0 radical (unpaired) electrons. The van der Waals surface area contributed by atoms with Crippen LogP contribution in [0.25, 0.3) is 0 Å². The summed E-state index contributed by atoms with van der Waals surface area (Å²) in [5.41, 5.74) is 7.43. The van der Waals surface area contributed by atoms with Gasteiger partial charge in [-0.05, 0) is 58.3 Å². The Morgan fingerprint density at radius 3 is 2.77 bits per heavy atom. The summed E-state index contributed by atoms with van der Waals surface area (Å²) in [4.78, 5) is 20.1. The van der Waals surface area contributed by atoms with Gasteiger partial charge in [0.2, 0.25) is 5.91 Å². The summed E-state index contributed by atoms with van der Waals surface area (Å²) in [6.07, 6.45) is 5.72. The number of hydrogen-bond acceptors (Lipinski definition) is 5. The number of rotatable bonds is 8. The van der Waals surface area contributed by atoms with Crippen LogP contribution in [0.4, 0.5) is 4.39 Å². The Balaban J connectivity index is 1.38. The summed E-state index contributed by atoms with van der Waals surface area (Å²) >= 11 is 0. The van der Waals surface area contributed by atoms with Crippen molar-refractivity contribution < 1.29 is 9.18 Å². The fourth-order valence-corrected chi connectivity index (χ4v) is 5.55. The van der Waals surface area contributed by atoms with Crippen molar-refractivity contribution in [2.45, 2.75) is 50.7 Å². The molecule has 0 spiro atoms. The van der Waals surface area contributed by atoms with E-state index in [1.165, 1.54) is 12.5 Å². The molecular weight excluding hydrogens is 393 g/mol. The Labute approximate surface area is 186 Å². The lowest BCUT2D eigenvalue weighted by Gasteiger charge is -2.37. The number of nitrogens with one attached hydrogen (secondary N) is 2. The zero-order chi connectivity index (χ0) is 21.8. The second-order valence-electron chi connectivity index (χ2n) is 9.89. The largest absolute Gasteiger partial charge is 0.340 e. The predicted molar refractivity (Wildman–Crippen MR) is 121 cm³/mol. The molecule has 4 unspecified atom stereocenters. The van der Waals surface area contributed by atoms with Gasteiger partial charge in [-0.3, -0.25) is 15.1 Å². The average Bonchev–Trinajstić information content (AvgIpc) is 3.36. The highest BCUT2D eigenvalue weighted by Crippen LogP contribution is 2.32. The lowest BCUT2D eigenvalue weighted by Crippen LogP contribution is -2.52. The van der Waals surface area contributed by atoms with Gasteiger partial charge in [-0.15, -0.1) is 0 Å². The summed E-state index contributed by atoms with van der Waals surface area (Å²) in [6, 6.07) is 7.40. The second kappa shape index (κ2) is 10.4. The lowest BCUT2D eigenvalue weighted by molar-refractivity contribution is -0.135. The number of piperidine rings is 1. The maximum atomic E-state index is 14.1. The normalized spacial score (nSPS) is 28.8. The fourth-order valence-electron chi connectivity index (χ4n) is 5.55. The zero-order valence-corrected chi connectivity index (χ0v) is 19.0. The van der Waals surface area contributed by atoms with Crippen LogP contribution in [0.3, 0.4) is 0 Å². The van der Waals surface area contributed by atoms with E-state index in [1.54, 1.807) is 6.07 Å². The van der Waals surface area contributed by atoms with Gasteiger partial charge >= 0.3 is 0 Å². The van der Waals surface area contributed by atoms with Gasteiger partial charge in [0.15, 0.2) is 0 Å². The maximum absolute atomic E-state index is 14.1. The predicted octanol–water partition coefficient (Wildman–Crippen LogP) is 2.07. The first-order valence-electron chi connectivity index (χ1n) is 11.9. The number of carbonyl (C=O) groups is 1. The van der Waals surface area contributed by atoms with E-state index in [0.29, 0.717) is 24.4 Å². The third-order valence-corrected chi connectivity index (χ3v) is 7.25. The van der Waals surface area contributed by atoms with Gasteiger partial charge < -0.3 is 9.80 Å². The van der Waals surface area contributed by atoms with Crippen molar-refractivity contribution in [3.63, 3.8) is 0 Å². The third-order valence-electron chi connectivity index (χ3n) is 7.25. The number of amides is 1. The molecule has 2 N–H and O–H groups in total. The Bertz CT molecular complexity index is 744. The number of halogens is 1. The third kappa shape index (κ3) is 5.64. The number of benzene rings is 1. The summed E-state index contributed by atoms with van der Waals surface area (Å²) in [5, 5.41) is 0. The van der Waals surface area contributed by atoms with E-state index in [2.05, 4.69) is 39.6 Å². The molecule has 172 valence electrons. The van der Waals surface area contributed by atoms with Crippen LogP contribution in [0.2, 0.25) is 0 Å². The quantitative estimate of drug-likeness (QED) is 0.660. The van der Waals surface area contributed by atoms with Crippen molar-refractivity contribution in [2.75, 3.05) is 46.8 Å². The fraction of sp³-hybridized carbons (Fsp3) is 0.708. The smallest absolute Gasteiger partial charge is 0.241 e. The molecular formula is C24H38FN5O. The number of carbonyl (C=O) groups excluding carboxylic acids is 1. The molecule has 2 heterocycles. The van der Waals surface area contributed by atoms with E-state index in [1.807, 2.05) is 12.1 Å². The van der Waals surface area contributed by atoms with E-state index in [9.17, 15) is 9.18 Å². The molecule has 4 atom stereocenters. The highest BCUT2D eigenvalue weighted by atomic mass is 19.1. The Kier molecular flexibility index (Phi) is 7.59. The molecule has 1 saturated carbocycles. The van der Waals surface area contributed by atoms with Crippen LogP contribution in [-0.2, 0) is 11.3 Å². The van der Waals surface area contributed by atoms with Gasteiger partial charge in [0.1, 0.15) is 11.9 Å². The standard InChI is InChI=1S/C24H38FN5O/c1-28(2)13-14-30(24(31)23-20-9-5-11-22(20)26-27-23)16-18-7-6-12-29(15-18)17-19-8-3-4-10-21(19)25/h3-4,8,10,18,20,22-23,26-27H,5-7,9,11-17H2,1-2H3. The molecule has 2 aliphatic heterocycles. The van der Waals surface area contributed by atoms with E-state index in [4.69, 9.17) is 0 Å². The maximum Gasteiger partial charge on any atom is 0.241 e. The van der Waals surface area contributed by atoms with Crippen molar-refractivity contribution in [1.29, 1.82) is 0 Å². The molecule has 2 saturated heterocycles. The highest BCUT2D eigenvalue weighted by molar-refractivity contribution is 5.82. The number of hydrogen-bond donors (Lipinski definition) is 2. The van der Waals surface area contributed by atoms with Crippen LogP contribution in [0.15, 0.2) is 24.3 Å². The van der Waals surface area contributed by atoms with Crippen LogP contribution in [0.1, 0.15) is 37.7 Å². The molecule has 1 aromatic carbocycles. The summed E-state index contributed by atoms with van der Waals surface area (Å²) in [6.45, 7) is 4.97. The number of likely N-dealkylation sites (N-methyl/N-ethyl adjacent to an activating group) is 1. The number of likely N-dealkylation sites (tertiary alicyclic amines) is 1. The van der Waals surface area contributed by atoms with Gasteiger partial charge in [-0.2, -0.15) is 0 Å². The first-order valence-corrected chi connectivity index (χ1v) is 11.9. The lowest BCUT2D eigenvalue weighted by atomic mass is 9.94. The Morgan fingerprint density at radius 1 is 1.13 bits per heavy atom. The number of nitrogens with zero attached hydrogens (tertiary/aromatic N) is 3. The highest BCUT2D eigenvalue weighted by Gasteiger charge is 2.44. The van der Waals surface area contributed by atoms with Gasteiger partial charge in [0, 0.05) is 50.2 Å².